The fraction of sp³-hybridized carbons (Fsp3) is 0.667. The molecule has 6 heteroatoms. The highest BCUT2D eigenvalue weighted by molar-refractivity contribution is 6.11. The third-order valence-corrected chi connectivity index (χ3v) is 4.56. The van der Waals surface area contributed by atoms with Gasteiger partial charge in [-0.05, 0) is 24.7 Å². The highest BCUT2D eigenvalue weighted by atomic mass is 16.2. The second kappa shape index (κ2) is 8.09. The Bertz CT molecular complexity index is 629. The maximum Gasteiger partial charge on any atom is 0.245 e. The predicted octanol–water partition coefficient (Wildman–Crippen LogP) is 2.56. The van der Waals surface area contributed by atoms with Crippen molar-refractivity contribution < 1.29 is 9.59 Å². The van der Waals surface area contributed by atoms with Crippen LogP contribution in [0.4, 0.5) is 0 Å². The van der Waals surface area contributed by atoms with E-state index in [2.05, 4.69) is 31.2 Å². The number of carbonyl (C=O) groups is 2. The first-order valence-corrected chi connectivity index (χ1v) is 8.69. The highest BCUT2D eigenvalue weighted by Gasteiger charge is 2.32. The number of nitriles is 1. The normalized spacial score (nSPS) is 22.0. The Kier molecular flexibility index (Phi) is 6.13. The van der Waals surface area contributed by atoms with Crippen LogP contribution in [-0.2, 0) is 11.3 Å². The van der Waals surface area contributed by atoms with E-state index in [0.29, 0.717) is 23.9 Å². The molecule has 2 rings (SSSR count). The summed E-state index contributed by atoms with van der Waals surface area (Å²) in [6, 6.07) is 1.91. The van der Waals surface area contributed by atoms with Gasteiger partial charge >= 0.3 is 0 Å². The van der Waals surface area contributed by atoms with Gasteiger partial charge in [-0.1, -0.05) is 33.6 Å². The number of hydrogen-bond acceptors (Lipinski definition) is 4. The largest absolute Gasteiger partial charge is 0.352 e. The molecular weight excluding hydrogens is 304 g/mol. The SMILES string of the molecule is CC(C)Cn1cc(C(=O)[C@H](C#N)C(=O)N[C@@H]2CCCC[C@@H]2C)cn1. The second-order valence-electron chi connectivity index (χ2n) is 7.15. The summed E-state index contributed by atoms with van der Waals surface area (Å²) in [7, 11) is 0. The number of ketones is 1. The molecule has 1 aromatic rings. The summed E-state index contributed by atoms with van der Waals surface area (Å²) >= 11 is 0. The average molecular weight is 330 g/mol. The van der Waals surface area contributed by atoms with Crippen LogP contribution < -0.4 is 5.32 Å². The van der Waals surface area contributed by atoms with E-state index in [1.165, 1.54) is 12.6 Å². The van der Waals surface area contributed by atoms with E-state index < -0.39 is 17.6 Å². The summed E-state index contributed by atoms with van der Waals surface area (Å²) < 4.78 is 1.67. The van der Waals surface area contributed by atoms with E-state index in [1.807, 2.05) is 6.07 Å². The Morgan fingerprint density at radius 3 is 2.75 bits per heavy atom. The van der Waals surface area contributed by atoms with Gasteiger partial charge in [0.15, 0.2) is 11.7 Å². The molecule has 1 fully saturated rings. The molecule has 1 aliphatic carbocycles. The lowest BCUT2D eigenvalue weighted by Gasteiger charge is -2.29. The molecule has 0 aromatic carbocycles. The van der Waals surface area contributed by atoms with Gasteiger partial charge in [-0.15, -0.1) is 0 Å². The Balaban J connectivity index is 2.04. The number of nitrogens with one attached hydrogen (secondary N) is 1. The number of Topliss-reactive ketones (excluding diaryl/α,β-unsaturated/α-hetero) is 1. The molecule has 1 aliphatic rings. The summed E-state index contributed by atoms with van der Waals surface area (Å²) in [5.41, 5.74) is 0.314. The highest BCUT2D eigenvalue weighted by Crippen LogP contribution is 2.24. The number of nitrogens with zero attached hydrogens (tertiary/aromatic N) is 3. The fourth-order valence-electron chi connectivity index (χ4n) is 3.16. The van der Waals surface area contributed by atoms with E-state index in [-0.39, 0.29) is 6.04 Å². The molecule has 24 heavy (non-hydrogen) atoms. The molecule has 130 valence electrons. The molecule has 0 spiro atoms. The van der Waals surface area contributed by atoms with Gasteiger partial charge in [-0.2, -0.15) is 10.4 Å². The standard InChI is InChI=1S/C18H26N4O2/c1-12(2)10-22-11-14(9-20-22)17(23)15(8-19)18(24)21-16-7-5-4-6-13(16)3/h9,11-13,15-16H,4-7,10H2,1-3H3,(H,21,24)/t13-,15-,16+/m0/s1. The molecule has 1 heterocycles. The molecule has 1 N–H and O–H groups in total. The van der Waals surface area contributed by atoms with Crippen molar-refractivity contribution >= 4 is 11.7 Å². The smallest absolute Gasteiger partial charge is 0.245 e. The van der Waals surface area contributed by atoms with Crippen LogP contribution in [0.5, 0.6) is 0 Å². The monoisotopic (exact) mass is 330 g/mol. The molecular formula is C18H26N4O2. The Morgan fingerprint density at radius 2 is 2.12 bits per heavy atom. The first kappa shape index (κ1) is 18.2. The van der Waals surface area contributed by atoms with Crippen LogP contribution in [0.25, 0.3) is 0 Å². The van der Waals surface area contributed by atoms with Gasteiger partial charge in [0.1, 0.15) is 0 Å². The summed E-state index contributed by atoms with van der Waals surface area (Å²) in [4.78, 5) is 24.9. The third-order valence-electron chi connectivity index (χ3n) is 4.56. The van der Waals surface area contributed by atoms with Gasteiger partial charge < -0.3 is 5.32 Å². The van der Waals surface area contributed by atoms with Crippen molar-refractivity contribution in [1.29, 1.82) is 5.26 Å². The van der Waals surface area contributed by atoms with Gasteiger partial charge in [-0.25, -0.2) is 0 Å². The van der Waals surface area contributed by atoms with Crippen LogP contribution in [0.15, 0.2) is 12.4 Å². The van der Waals surface area contributed by atoms with Crippen LogP contribution in [0.3, 0.4) is 0 Å². The zero-order valence-electron chi connectivity index (χ0n) is 14.7. The average Bonchev–Trinajstić information content (AvgIpc) is 2.98. The van der Waals surface area contributed by atoms with Crippen molar-refractivity contribution in [2.45, 2.75) is 59.0 Å². The van der Waals surface area contributed by atoms with Crippen LogP contribution in [0.2, 0.25) is 0 Å². The lowest BCUT2D eigenvalue weighted by molar-refractivity contribution is -0.123. The minimum atomic E-state index is -1.31. The first-order chi connectivity index (χ1) is 11.4. The number of aromatic nitrogens is 2. The summed E-state index contributed by atoms with van der Waals surface area (Å²) in [6.07, 6.45) is 7.27. The molecule has 0 saturated heterocycles. The first-order valence-electron chi connectivity index (χ1n) is 8.69. The minimum absolute atomic E-state index is 0.0542. The van der Waals surface area contributed by atoms with E-state index in [0.717, 1.165) is 19.3 Å². The van der Waals surface area contributed by atoms with Gasteiger partial charge in [0.05, 0.1) is 17.8 Å². The van der Waals surface area contributed by atoms with Gasteiger partial charge in [0.25, 0.3) is 0 Å². The molecule has 1 amide bonds. The predicted molar refractivity (Wildman–Crippen MR) is 90.1 cm³/mol. The fourth-order valence-corrected chi connectivity index (χ4v) is 3.16. The number of hydrogen-bond donors (Lipinski definition) is 1. The molecule has 1 saturated carbocycles. The Labute approximate surface area is 143 Å². The van der Waals surface area contributed by atoms with Crippen molar-refractivity contribution in [3.63, 3.8) is 0 Å². The summed E-state index contributed by atoms with van der Waals surface area (Å²) in [5.74, 6) is -1.50. The summed E-state index contributed by atoms with van der Waals surface area (Å²) in [6.45, 7) is 6.90. The van der Waals surface area contributed by atoms with Gasteiger partial charge in [0.2, 0.25) is 5.91 Å². The molecule has 0 radical (unpaired) electrons. The topological polar surface area (TPSA) is 87.8 Å². The van der Waals surface area contributed by atoms with Crippen molar-refractivity contribution in [3.05, 3.63) is 18.0 Å². The lowest BCUT2D eigenvalue weighted by atomic mass is 9.85. The van der Waals surface area contributed by atoms with Crippen LogP contribution in [0.1, 0.15) is 56.8 Å². The second-order valence-corrected chi connectivity index (χ2v) is 7.15. The van der Waals surface area contributed by atoms with Crippen molar-refractivity contribution in [1.82, 2.24) is 15.1 Å². The maximum absolute atomic E-state index is 12.5. The third kappa shape index (κ3) is 4.44. The number of rotatable bonds is 6. The van der Waals surface area contributed by atoms with Crippen LogP contribution in [0, 0.1) is 29.1 Å². The minimum Gasteiger partial charge on any atom is -0.352 e. The number of amides is 1. The molecule has 0 unspecified atom stereocenters. The molecule has 6 nitrogen and oxygen atoms in total. The lowest BCUT2D eigenvalue weighted by Crippen LogP contribution is -2.45. The van der Waals surface area contributed by atoms with Gasteiger partial charge in [-0.3, -0.25) is 14.3 Å². The van der Waals surface area contributed by atoms with Crippen molar-refractivity contribution in [2.24, 2.45) is 17.8 Å². The zero-order valence-corrected chi connectivity index (χ0v) is 14.7. The van der Waals surface area contributed by atoms with E-state index >= 15 is 0 Å². The van der Waals surface area contributed by atoms with E-state index in [4.69, 9.17) is 0 Å². The maximum atomic E-state index is 12.5. The van der Waals surface area contributed by atoms with Crippen molar-refractivity contribution in [2.75, 3.05) is 0 Å². The van der Waals surface area contributed by atoms with E-state index in [9.17, 15) is 14.9 Å². The van der Waals surface area contributed by atoms with Crippen LogP contribution in [-0.4, -0.2) is 27.5 Å². The Morgan fingerprint density at radius 1 is 1.42 bits per heavy atom. The van der Waals surface area contributed by atoms with Gasteiger partial charge in [0, 0.05) is 18.8 Å². The zero-order chi connectivity index (χ0) is 17.7. The Hall–Kier alpha value is -2.16. The summed E-state index contributed by atoms with van der Waals surface area (Å²) in [5, 5.41) is 16.4. The van der Waals surface area contributed by atoms with Crippen LogP contribution >= 0.6 is 0 Å². The van der Waals surface area contributed by atoms with Crippen molar-refractivity contribution in [3.8, 4) is 6.07 Å². The molecule has 1 aromatic heterocycles. The quantitative estimate of drug-likeness (QED) is 0.641. The number of carbonyl (C=O) groups excluding carboxylic acids is 2. The molecule has 0 bridgehead atoms. The molecule has 3 atom stereocenters. The molecule has 0 aliphatic heterocycles. The van der Waals surface area contributed by atoms with E-state index in [1.54, 1.807) is 10.9 Å².